The third-order valence-electron chi connectivity index (χ3n) is 10.1. The molecule has 0 fully saturated rings. The number of nitrogens with zero attached hydrogens (tertiary/aromatic N) is 7. The molecular formula is C46H57N7O24S. The molecule has 32 heteroatoms. The van der Waals surface area contributed by atoms with E-state index in [4.69, 9.17) is 47.4 Å². The van der Waals surface area contributed by atoms with Gasteiger partial charge in [0.15, 0.2) is 41.0 Å². The molecule has 0 aliphatic heterocycles. The molecule has 2 aromatic carbocycles. The average molecular weight is 1120 g/mol. The van der Waals surface area contributed by atoms with E-state index < -0.39 is 97.7 Å². The van der Waals surface area contributed by atoms with E-state index in [1.165, 1.54) is 68.9 Å². The number of sulfonamides is 1. The molecule has 0 saturated carbocycles. The molecule has 0 aliphatic carbocycles. The van der Waals surface area contributed by atoms with Crippen LogP contribution in [0.2, 0.25) is 0 Å². The quantitative estimate of drug-likeness (QED) is 0.0114. The number of para-hydroxylation sites is 2. The van der Waals surface area contributed by atoms with Crippen LogP contribution in [0.3, 0.4) is 0 Å². The number of ether oxygens (including phenoxy) is 10. The summed E-state index contributed by atoms with van der Waals surface area (Å²) in [6.07, 6.45) is -3.58. The van der Waals surface area contributed by atoms with Crippen LogP contribution in [0.15, 0.2) is 71.9 Å². The zero-order chi connectivity index (χ0) is 57.1. The molecule has 31 nitrogen and oxygen atoms in total. The van der Waals surface area contributed by atoms with Crippen molar-refractivity contribution in [2.45, 2.75) is 75.8 Å². The van der Waals surface area contributed by atoms with Crippen LogP contribution >= 0.6 is 0 Å². The van der Waals surface area contributed by atoms with Gasteiger partial charge in [0.05, 0.1) is 53.9 Å². The minimum absolute atomic E-state index is 0.0747. The minimum Gasteiger partial charge on any atom is -0.497 e. The van der Waals surface area contributed by atoms with Crippen molar-refractivity contribution in [3.63, 3.8) is 0 Å². The lowest BCUT2D eigenvalue weighted by atomic mass is 9.88. The summed E-state index contributed by atoms with van der Waals surface area (Å²) in [7, 11) is -2.27. The van der Waals surface area contributed by atoms with Crippen molar-refractivity contribution in [3.8, 4) is 40.3 Å². The average Bonchev–Trinajstić information content (AvgIpc) is 3.45. The van der Waals surface area contributed by atoms with Crippen LogP contribution in [-0.4, -0.2) is 137 Å². The lowest BCUT2D eigenvalue weighted by Gasteiger charge is -2.26. The van der Waals surface area contributed by atoms with Gasteiger partial charge in [-0.3, -0.25) is 0 Å². The highest BCUT2D eigenvalue weighted by Crippen LogP contribution is 2.44. The Kier molecular flexibility index (Phi) is 24.6. The summed E-state index contributed by atoms with van der Waals surface area (Å²) in [5.74, 6) is -1.69. The zero-order valence-corrected chi connectivity index (χ0v) is 43.7. The van der Waals surface area contributed by atoms with Crippen LogP contribution in [-0.2, 0) is 58.4 Å². The molecular weight excluding hydrogens is 1070 g/mol. The van der Waals surface area contributed by atoms with E-state index >= 15 is 8.42 Å². The highest BCUT2D eigenvalue weighted by Gasteiger charge is 2.36. The summed E-state index contributed by atoms with van der Waals surface area (Å²) in [6.45, 7) is 1.12. The fourth-order valence-electron chi connectivity index (χ4n) is 6.10. The second kappa shape index (κ2) is 31.2. The van der Waals surface area contributed by atoms with E-state index in [9.17, 15) is 44.7 Å². The molecule has 0 radical (unpaired) electrons. The third kappa shape index (κ3) is 21.0. The fraction of sp³-hybridized carbons (Fsp3) is 0.478. The van der Waals surface area contributed by atoms with Gasteiger partial charge in [-0.15, -0.1) is 30.3 Å². The largest absolute Gasteiger partial charge is 0.510 e. The topological polar surface area (TPSA) is 377 Å². The van der Waals surface area contributed by atoms with Gasteiger partial charge in [-0.2, -0.15) is 13.4 Å². The maximum atomic E-state index is 15.1. The third-order valence-corrected chi connectivity index (χ3v) is 11.7. The molecule has 2 heterocycles. The van der Waals surface area contributed by atoms with E-state index in [1.54, 1.807) is 12.1 Å². The van der Waals surface area contributed by atoms with E-state index in [-0.39, 0.29) is 101 Å². The molecule has 2 aromatic heterocycles. The van der Waals surface area contributed by atoms with Crippen molar-refractivity contribution in [2.75, 3.05) is 78.1 Å². The molecule has 1 atom stereocenters. The number of benzene rings is 2. The number of rotatable bonds is 34. The number of anilines is 1. The van der Waals surface area contributed by atoms with Gasteiger partial charge < -0.3 is 61.9 Å². The van der Waals surface area contributed by atoms with Crippen LogP contribution in [0.25, 0.3) is 11.4 Å². The van der Waals surface area contributed by atoms with Crippen LogP contribution in [0, 0.1) is 30.3 Å². The van der Waals surface area contributed by atoms with E-state index in [0.717, 1.165) is 0 Å². The Bertz CT molecular complexity index is 2710. The molecule has 78 heavy (non-hydrogen) atoms. The number of hydrogen-bond donors (Lipinski definition) is 0. The fourth-order valence-corrected chi connectivity index (χ4v) is 7.30. The van der Waals surface area contributed by atoms with Gasteiger partial charge in [0.1, 0.15) is 19.0 Å². The predicted octanol–water partition coefficient (Wildman–Crippen LogP) is 6.97. The second-order valence-corrected chi connectivity index (χ2v) is 18.5. The second-order valence-electron chi connectivity index (χ2n) is 16.7. The first-order valence-corrected chi connectivity index (χ1v) is 24.9. The van der Waals surface area contributed by atoms with Crippen molar-refractivity contribution >= 4 is 34.3 Å². The number of pyridine rings is 1. The van der Waals surface area contributed by atoms with Crippen molar-refractivity contribution in [3.05, 3.63) is 103 Å². The minimum atomic E-state index is -5.01. The lowest BCUT2D eigenvalue weighted by Crippen LogP contribution is -2.36. The van der Waals surface area contributed by atoms with Gasteiger partial charge in [0.2, 0.25) is 5.75 Å². The number of unbranched alkanes of at least 4 members (excludes halogenated alkanes) is 3. The van der Waals surface area contributed by atoms with Crippen molar-refractivity contribution < 1.29 is 99.9 Å². The number of hydrogen-bond acceptors (Lipinski definition) is 27. The van der Waals surface area contributed by atoms with Gasteiger partial charge in [-0.1, -0.05) is 39.0 Å². The molecule has 1 unspecified atom stereocenters. The molecule has 4 aromatic rings. The maximum Gasteiger partial charge on any atom is 0.510 e. The summed E-state index contributed by atoms with van der Waals surface area (Å²) < 4.78 is 85.5. The number of aromatic nitrogens is 3. The molecule has 0 saturated heterocycles. The van der Waals surface area contributed by atoms with E-state index in [0.29, 0.717) is 15.6 Å². The number of methoxy groups -OCH3 is 2. The summed E-state index contributed by atoms with van der Waals surface area (Å²) >= 11 is 0. The summed E-state index contributed by atoms with van der Waals surface area (Å²) in [5.41, 5.74) is 0.390. The Balaban J connectivity index is 1.86. The molecule has 0 bridgehead atoms. The summed E-state index contributed by atoms with van der Waals surface area (Å²) in [5, 5.41) is 28.0. The Morgan fingerprint density at radius 3 is 1.69 bits per heavy atom. The molecule has 0 spiro atoms. The molecule has 0 aliphatic rings. The zero-order valence-electron chi connectivity index (χ0n) is 42.9. The number of carbonyl (C=O) groups excluding carboxylic acids is 3. The van der Waals surface area contributed by atoms with Gasteiger partial charge in [-0.25, -0.2) is 28.7 Å². The normalized spacial score (nSPS) is 11.4. The Labute approximate surface area is 445 Å². The van der Waals surface area contributed by atoms with E-state index in [2.05, 4.69) is 29.5 Å². The molecule has 0 N–H and O–H groups in total. The van der Waals surface area contributed by atoms with Crippen molar-refractivity contribution in [2.24, 2.45) is 0 Å². The van der Waals surface area contributed by atoms with Gasteiger partial charge in [0, 0.05) is 11.8 Å². The highest BCUT2D eigenvalue weighted by atomic mass is 32.2. The summed E-state index contributed by atoms with van der Waals surface area (Å²) in [4.78, 5) is 96.7. The first-order valence-electron chi connectivity index (χ1n) is 23.5. The molecule has 426 valence electrons. The first kappa shape index (κ1) is 61.6. The van der Waals surface area contributed by atoms with Crippen molar-refractivity contribution in [1.29, 1.82) is 0 Å². The van der Waals surface area contributed by atoms with Gasteiger partial charge in [-0.05, 0) is 92.0 Å². The predicted molar refractivity (Wildman–Crippen MR) is 263 cm³/mol. The highest BCUT2D eigenvalue weighted by molar-refractivity contribution is 7.92. The summed E-state index contributed by atoms with van der Waals surface area (Å²) in [6, 6.07) is 14.9. The standard InChI is InChI=1S/C46H57N7O24S/c1-46(2,3)33-18-21-38(47-28-33)78(63,64)50(31-72-44(55)68-23-9-12-26-74-52(59)60)41-39(77-37-15-7-6-14-36(37)66-5)42(49-40(48-41)32-16-19-34(65-4)20-17-32)70-29-35(76-45(56)69-24-10-13-27-75-53(61)62)30-71-43(54)67-22-8-11-25-73-51(57)58/h6-7,14-21,28,35H,8-13,22-27,29-31H2,1-5H3. The Hall–Kier alpha value is -8.97. The van der Waals surface area contributed by atoms with Crippen molar-refractivity contribution in [1.82, 2.24) is 15.0 Å². The van der Waals surface area contributed by atoms with Crippen LogP contribution in [0.1, 0.15) is 64.9 Å². The number of carbonyl (C=O) groups is 3. The smallest absolute Gasteiger partial charge is 0.497 e. The van der Waals surface area contributed by atoms with E-state index in [1.807, 2.05) is 20.8 Å². The SMILES string of the molecule is COc1ccc(-c2nc(OCC(COC(=O)OCCCCO[N+](=O)[O-])OC(=O)OCCCCO[N+](=O)[O-])c(Oc3ccccc3OC)c(N(COC(=O)OCCCCO[N+](=O)[O-])S(=O)(=O)c3ccc(C(C)(C)C)cn3)n2)cc1. The molecule has 0 amide bonds. The Morgan fingerprint density at radius 1 is 0.641 bits per heavy atom. The Morgan fingerprint density at radius 2 is 1.18 bits per heavy atom. The lowest BCUT2D eigenvalue weighted by molar-refractivity contribution is -0.757. The monoisotopic (exact) mass is 1120 g/mol. The van der Waals surface area contributed by atoms with Gasteiger partial charge in [0.25, 0.3) is 31.2 Å². The van der Waals surface area contributed by atoms with Crippen LogP contribution in [0.5, 0.6) is 28.9 Å². The molecule has 4 rings (SSSR count). The maximum absolute atomic E-state index is 15.1. The van der Waals surface area contributed by atoms with Crippen LogP contribution in [0.4, 0.5) is 20.2 Å². The van der Waals surface area contributed by atoms with Gasteiger partial charge >= 0.3 is 18.5 Å². The first-order chi connectivity index (χ1) is 37.2. The van der Waals surface area contributed by atoms with Crippen LogP contribution < -0.4 is 23.3 Å².